The summed E-state index contributed by atoms with van der Waals surface area (Å²) in [6, 6.07) is 17.3. The molecular weight excluding hydrogens is 590 g/mol. The van der Waals surface area contributed by atoms with E-state index in [1.54, 1.807) is 48.5 Å². The minimum Gasteiger partial charge on any atom is -0.493 e. The van der Waals surface area contributed by atoms with Crippen molar-refractivity contribution < 1.29 is 27.5 Å². The lowest BCUT2D eigenvalue weighted by Gasteiger charge is -2.33. The van der Waals surface area contributed by atoms with Gasteiger partial charge in [0.25, 0.3) is 10.0 Å². The topological polar surface area (TPSA) is 105 Å². The number of carbonyl (C=O) groups is 2. The molecule has 3 rings (SSSR count). The summed E-state index contributed by atoms with van der Waals surface area (Å²) in [4.78, 5) is 28.9. The fourth-order valence-electron chi connectivity index (χ4n) is 4.50. The summed E-state index contributed by atoms with van der Waals surface area (Å²) in [5.74, 6) is -0.0781. The molecule has 3 aromatic carbocycles. The van der Waals surface area contributed by atoms with Crippen LogP contribution in [0.2, 0.25) is 5.02 Å². The number of halogens is 1. The van der Waals surface area contributed by atoms with Crippen molar-refractivity contribution in [3.05, 3.63) is 82.9 Å². The van der Waals surface area contributed by atoms with Crippen molar-refractivity contribution in [3.8, 4) is 11.5 Å². The molecule has 2 amide bonds. The first-order valence-electron chi connectivity index (χ1n) is 14.0. The lowest BCUT2D eigenvalue weighted by atomic mass is 10.1. The number of nitrogens with one attached hydrogen (secondary N) is 1. The molecule has 3 aromatic rings. The summed E-state index contributed by atoms with van der Waals surface area (Å²) < 4.78 is 40.0. The zero-order valence-corrected chi connectivity index (χ0v) is 27.0. The molecule has 11 heteroatoms. The van der Waals surface area contributed by atoms with Gasteiger partial charge < -0.3 is 19.7 Å². The highest BCUT2D eigenvalue weighted by Gasteiger charge is 2.34. The highest BCUT2D eigenvalue weighted by Crippen LogP contribution is 2.32. The quantitative estimate of drug-likeness (QED) is 0.255. The Bertz CT molecular complexity index is 1510. The van der Waals surface area contributed by atoms with Crippen LogP contribution in [0, 0.1) is 12.8 Å². The maximum Gasteiger partial charge on any atom is 0.264 e. The molecule has 0 unspecified atom stereocenters. The molecule has 232 valence electrons. The molecule has 0 saturated carbocycles. The number of hydrogen-bond acceptors (Lipinski definition) is 6. The van der Waals surface area contributed by atoms with Gasteiger partial charge in [-0.1, -0.05) is 68.3 Å². The Kier molecular flexibility index (Phi) is 11.9. The number of aryl methyl sites for hydroxylation is 1. The predicted octanol–water partition coefficient (Wildman–Crippen LogP) is 5.44. The van der Waals surface area contributed by atoms with Crippen LogP contribution in [0.15, 0.2) is 71.6 Å². The van der Waals surface area contributed by atoms with Crippen LogP contribution in [-0.4, -0.2) is 58.5 Å². The maximum absolute atomic E-state index is 14.2. The number of benzene rings is 3. The van der Waals surface area contributed by atoms with Crippen LogP contribution >= 0.6 is 11.6 Å². The molecule has 0 aromatic heterocycles. The van der Waals surface area contributed by atoms with E-state index < -0.39 is 28.5 Å². The SMILES string of the molecule is CC[C@@H](C(=O)NCC(C)C)N(Cc1ccccc1Cl)C(=O)CN(c1ccc(C)cc1)S(=O)(=O)c1ccc(OC)c(OC)c1. The summed E-state index contributed by atoms with van der Waals surface area (Å²) in [5, 5.41) is 3.35. The van der Waals surface area contributed by atoms with Gasteiger partial charge in [0.05, 0.1) is 24.8 Å². The van der Waals surface area contributed by atoms with Crippen molar-refractivity contribution in [1.29, 1.82) is 0 Å². The van der Waals surface area contributed by atoms with E-state index in [0.717, 1.165) is 9.87 Å². The van der Waals surface area contributed by atoms with Crippen molar-refractivity contribution in [2.45, 2.75) is 51.6 Å². The molecule has 0 heterocycles. The predicted molar refractivity (Wildman–Crippen MR) is 169 cm³/mol. The van der Waals surface area contributed by atoms with E-state index in [9.17, 15) is 18.0 Å². The molecule has 0 fully saturated rings. The fourth-order valence-corrected chi connectivity index (χ4v) is 6.12. The van der Waals surface area contributed by atoms with Crippen molar-refractivity contribution in [2.24, 2.45) is 5.92 Å². The molecule has 0 radical (unpaired) electrons. The Morgan fingerprint density at radius 3 is 2.19 bits per heavy atom. The number of methoxy groups -OCH3 is 2. The Labute approximate surface area is 259 Å². The van der Waals surface area contributed by atoms with Gasteiger partial charge in [0.1, 0.15) is 12.6 Å². The number of amides is 2. The van der Waals surface area contributed by atoms with Crippen LogP contribution in [0.25, 0.3) is 0 Å². The smallest absolute Gasteiger partial charge is 0.264 e. The third-order valence-electron chi connectivity index (χ3n) is 6.91. The van der Waals surface area contributed by atoms with Gasteiger partial charge in [-0.15, -0.1) is 0 Å². The van der Waals surface area contributed by atoms with Crippen LogP contribution in [0.5, 0.6) is 11.5 Å². The minimum atomic E-state index is -4.28. The zero-order chi connectivity index (χ0) is 31.7. The second-order valence-electron chi connectivity index (χ2n) is 10.5. The van der Waals surface area contributed by atoms with E-state index in [1.165, 1.54) is 37.3 Å². The van der Waals surface area contributed by atoms with Gasteiger partial charge in [-0.2, -0.15) is 0 Å². The molecule has 0 saturated heterocycles. The molecule has 1 N–H and O–H groups in total. The van der Waals surface area contributed by atoms with Gasteiger partial charge >= 0.3 is 0 Å². The van der Waals surface area contributed by atoms with Gasteiger partial charge in [-0.25, -0.2) is 8.42 Å². The monoisotopic (exact) mass is 629 g/mol. The van der Waals surface area contributed by atoms with Crippen LogP contribution in [0.4, 0.5) is 5.69 Å². The second kappa shape index (κ2) is 15.1. The molecule has 0 aliphatic rings. The Balaban J connectivity index is 2.09. The van der Waals surface area contributed by atoms with E-state index in [2.05, 4.69) is 5.32 Å². The zero-order valence-electron chi connectivity index (χ0n) is 25.5. The van der Waals surface area contributed by atoms with Crippen molar-refractivity contribution in [2.75, 3.05) is 31.6 Å². The molecule has 1 atom stereocenters. The number of nitrogens with zero attached hydrogens (tertiary/aromatic N) is 2. The highest BCUT2D eigenvalue weighted by atomic mass is 35.5. The van der Waals surface area contributed by atoms with Gasteiger partial charge in [0.15, 0.2) is 11.5 Å². The van der Waals surface area contributed by atoms with Crippen molar-refractivity contribution in [3.63, 3.8) is 0 Å². The third-order valence-corrected chi connectivity index (χ3v) is 9.05. The summed E-state index contributed by atoms with van der Waals surface area (Å²) in [6.07, 6.45) is 0.313. The van der Waals surface area contributed by atoms with E-state index >= 15 is 0 Å². The number of anilines is 1. The Hall–Kier alpha value is -3.76. The first-order valence-corrected chi connectivity index (χ1v) is 15.9. The molecule has 9 nitrogen and oxygen atoms in total. The first kappa shape index (κ1) is 33.7. The number of sulfonamides is 1. The number of carbonyl (C=O) groups excluding carboxylic acids is 2. The van der Waals surface area contributed by atoms with E-state index in [-0.39, 0.29) is 29.0 Å². The standard InChI is InChI=1S/C32H40ClN3O6S/c1-7-28(32(38)34-19-22(2)3)35(20-24-10-8-9-11-27(24)33)31(37)21-36(25-14-12-23(4)13-15-25)43(39,40)26-16-17-29(41-5)30(18-26)42-6/h8-18,22,28H,7,19-21H2,1-6H3,(H,34,38)/t28-/m0/s1. The summed E-state index contributed by atoms with van der Waals surface area (Å²) in [7, 11) is -1.41. The third kappa shape index (κ3) is 8.42. The first-order chi connectivity index (χ1) is 20.4. The van der Waals surface area contributed by atoms with Gasteiger partial charge in [0.2, 0.25) is 11.8 Å². The summed E-state index contributed by atoms with van der Waals surface area (Å²) >= 11 is 6.46. The molecule has 0 bridgehead atoms. The van der Waals surface area contributed by atoms with Gasteiger partial charge in [-0.05, 0) is 55.2 Å². The Morgan fingerprint density at radius 1 is 0.953 bits per heavy atom. The second-order valence-corrected chi connectivity index (χ2v) is 12.8. The number of hydrogen-bond donors (Lipinski definition) is 1. The van der Waals surface area contributed by atoms with Crippen LogP contribution in [0.1, 0.15) is 38.3 Å². The van der Waals surface area contributed by atoms with Crippen LogP contribution in [-0.2, 0) is 26.2 Å². The molecule has 0 aliphatic heterocycles. The molecule has 0 spiro atoms. The van der Waals surface area contributed by atoms with Gasteiger partial charge in [0, 0.05) is 24.2 Å². The van der Waals surface area contributed by atoms with Crippen LogP contribution < -0.4 is 19.1 Å². The van der Waals surface area contributed by atoms with Gasteiger partial charge in [-0.3, -0.25) is 13.9 Å². The van der Waals surface area contributed by atoms with Crippen LogP contribution in [0.3, 0.4) is 0 Å². The lowest BCUT2D eigenvalue weighted by Crippen LogP contribution is -2.52. The van der Waals surface area contributed by atoms with E-state index in [0.29, 0.717) is 35.0 Å². The summed E-state index contributed by atoms with van der Waals surface area (Å²) in [5.41, 5.74) is 1.85. The van der Waals surface area contributed by atoms with Crippen molar-refractivity contribution >= 4 is 39.1 Å². The lowest BCUT2D eigenvalue weighted by molar-refractivity contribution is -0.140. The number of rotatable bonds is 14. The molecule has 0 aliphatic carbocycles. The van der Waals surface area contributed by atoms with Crippen molar-refractivity contribution in [1.82, 2.24) is 10.2 Å². The normalized spacial score (nSPS) is 12.0. The van der Waals surface area contributed by atoms with E-state index in [1.807, 2.05) is 27.7 Å². The minimum absolute atomic E-state index is 0.0181. The average Bonchev–Trinajstić information content (AvgIpc) is 2.99. The fraction of sp³-hybridized carbons (Fsp3) is 0.375. The molecule has 43 heavy (non-hydrogen) atoms. The maximum atomic E-state index is 14.2. The average molecular weight is 630 g/mol. The van der Waals surface area contributed by atoms with E-state index in [4.69, 9.17) is 21.1 Å². The summed E-state index contributed by atoms with van der Waals surface area (Å²) in [6.45, 7) is 7.55. The molecular formula is C32H40ClN3O6S. The highest BCUT2D eigenvalue weighted by molar-refractivity contribution is 7.92. The Morgan fingerprint density at radius 2 is 1.60 bits per heavy atom. The largest absolute Gasteiger partial charge is 0.493 e. The number of ether oxygens (including phenoxy) is 2.